The van der Waals surface area contributed by atoms with Gasteiger partial charge in [-0.05, 0) is 33.9 Å². The number of hydrogen-bond donors (Lipinski definition) is 1. The van der Waals surface area contributed by atoms with Crippen molar-refractivity contribution in [3.8, 4) is 0 Å². The van der Waals surface area contributed by atoms with E-state index in [-0.39, 0.29) is 0 Å². The fraction of sp³-hybridized carbons (Fsp3) is 1.00. The molecule has 0 bridgehead atoms. The Morgan fingerprint density at radius 1 is 1.30 bits per heavy atom. The molecule has 1 N–H and O–H groups in total. The van der Waals surface area contributed by atoms with Gasteiger partial charge in [-0.3, -0.25) is 0 Å². The molecule has 0 aromatic rings. The van der Waals surface area contributed by atoms with Gasteiger partial charge in [-0.2, -0.15) is 0 Å². The Morgan fingerprint density at radius 2 is 2.00 bits per heavy atom. The van der Waals surface area contributed by atoms with Crippen LogP contribution in [0.2, 0.25) is 0 Å². The zero-order valence-electron chi connectivity index (χ0n) is 7.22. The van der Waals surface area contributed by atoms with E-state index >= 15 is 0 Å². The van der Waals surface area contributed by atoms with E-state index in [0.717, 1.165) is 0 Å². The molecule has 0 aromatic heterocycles. The van der Waals surface area contributed by atoms with Gasteiger partial charge in [0.1, 0.15) is 0 Å². The molecule has 0 saturated carbocycles. The van der Waals surface area contributed by atoms with Crippen LogP contribution in [0.3, 0.4) is 0 Å². The van der Waals surface area contributed by atoms with E-state index in [1.807, 2.05) is 0 Å². The van der Waals surface area contributed by atoms with Gasteiger partial charge >= 0.3 is 0 Å². The summed E-state index contributed by atoms with van der Waals surface area (Å²) in [7, 11) is 2.19. The second-order valence-corrected chi connectivity index (χ2v) is 3.52. The third-order valence-corrected chi connectivity index (χ3v) is 2.10. The van der Waals surface area contributed by atoms with Crippen LogP contribution in [0.25, 0.3) is 0 Å². The molecule has 1 rings (SSSR count). The van der Waals surface area contributed by atoms with Crippen molar-refractivity contribution >= 4 is 0 Å². The lowest BCUT2D eigenvalue weighted by Crippen LogP contribution is -2.36. The summed E-state index contributed by atoms with van der Waals surface area (Å²) >= 11 is 0. The third-order valence-electron chi connectivity index (χ3n) is 2.10. The fourth-order valence-corrected chi connectivity index (χ4v) is 1.59. The maximum Gasteiger partial charge on any atom is 0.0169 e. The van der Waals surface area contributed by atoms with Crippen molar-refractivity contribution in [2.24, 2.45) is 0 Å². The van der Waals surface area contributed by atoms with Gasteiger partial charge in [0, 0.05) is 18.6 Å². The highest BCUT2D eigenvalue weighted by atomic mass is 15.1. The van der Waals surface area contributed by atoms with Crippen molar-refractivity contribution in [1.82, 2.24) is 10.2 Å². The van der Waals surface area contributed by atoms with Crippen LogP contribution in [0.4, 0.5) is 0 Å². The van der Waals surface area contributed by atoms with Crippen molar-refractivity contribution in [3.05, 3.63) is 0 Å². The van der Waals surface area contributed by atoms with Gasteiger partial charge in [-0.25, -0.2) is 0 Å². The lowest BCUT2D eigenvalue weighted by Gasteiger charge is -2.16. The minimum absolute atomic E-state index is 0.655. The highest BCUT2D eigenvalue weighted by Gasteiger charge is 2.14. The molecule has 1 saturated heterocycles. The van der Waals surface area contributed by atoms with Crippen molar-refractivity contribution in [2.75, 3.05) is 20.1 Å². The van der Waals surface area contributed by atoms with Crippen LogP contribution in [-0.2, 0) is 0 Å². The van der Waals surface area contributed by atoms with E-state index in [9.17, 15) is 0 Å². The van der Waals surface area contributed by atoms with Crippen molar-refractivity contribution < 1.29 is 0 Å². The molecule has 2 heteroatoms. The van der Waals surface area contributed by atoms with E-state index in [0.29, 0.717) is 12.1 Å². The van der Waals surface area contributed by atoms with Gasteiger partial charge < -0.3 is 10.2 Å². The lowest BCUT2D eigenvalue weighted by atomic mass is 10.2. The molecule has 1 aliphatic heterocycles. The first-order valence-corrected chi connectivity index (χ1v) is 4.13. The van der Waals surface area contributed by atoms with E-state index in [1.54, 1.807) is 0 Å². The highest BCUT2D eigenvalue weighted by molar-refractivity contribution is 4.75. The normalized spacial score (nSPS) is 37.5. The number of nitrogens with one attached hydrogen (secondary N) is 1. The molecule has 1 aliphatic rings. The minimum Gasteiger partial charge on any atom is -0.310 e. The summed E-state index contributed by atoms with van der Waals surface area (Å²) in [5.74, 6) is 0. The number of nitrogens with zero attached hydrogens (tertiary/aromatic N) is 1. The predicted molar refractivity (Wildman–Crippen MR) is 44.2 cm³/mol. The molecule has 0 radical (unpaired) electrons. The Bertz CT molecular complexity index is 91.4. The SMILES string of the molecule is C[C@@H]1CN(C)CC[C@H](C)N1. The molecule has 2 atom stereocenters. The molecule has 0 unspecified atom stereocenters. The monoisotopic (exact) mass is 142 g/mol. The number of hydrogen-bond acceptors (Lipinski definition) is 2. The lowest BCUT2D eigenvalue weighted by molar-refractivity contribution is 0.332. The summed E-state index contributed by atoms with van der Waals surface area (Å²) < 4.78 is 0. The molecule has 2 nitrogen and oxygen atoms in total. The average molecular weight is 142 g/mol. The van der Waals surface area contributed by atoms with Crippen molar-refractivity contribution in [1.29, 1.82) is 0 Å². The maximum atomic E-state index is 3.53. The molecule has 1 heterocycles. The molecule has 10 heavy (non-hydrogen) atoms. The summed E-state index contributed by atoms with van der Waals surface area (Å²) in [4.78, 5) is 2.39. The zero-order valence-corrected chi connectivity index (χ0v) is 7.22. The molecule has 0 aliphatic carbocycles. The molecule has 0 spiro atoms. The maximum absolute atomic E-state index is 3.53. The Kier molecular flexibility index (Phi) is 2.69. The Labute approximate surface area is 63.6 Å². The molecular formula is C8H18N2. The molecule has 0 amide bonds. The van der Waals surface area contributed by atoms with Crippen molar-refractivity contribution in [2.45, 2.75) is 32.4 Å². The smallest absolute Gasteiger partial charge is 0.0169 e. The third kappa shape index (κ3) is 2.27. The fourth-order valence-electron chi connectivity index (χ4n) is 1.59. The first-order chi connectivity index (χ1) is 4.68. The summed E-state index contributed by atoms with van der Waals surface area (Å²) in [6.07, 6.45) is 1.28. The first kappa shape index (κ1) is 8.02. The quantitative estimate of drug-likeness (QED) is 0.535. The highest BCUT2D eigenvalue weighted by Crippen LogP contribution is 2.02. The van der Waals surface area contributed by atoms with Gasteiger partial charge in [-0.1, -0.05) is 0 Å². The zero-order chi connectivity index (χ0) is 7.56. The largest absolute Gasteiger partial charge is 0.310 e. The molecule has 0 aromatic carbocycles. The number of rotatable bonds is 0. The summed E-state index contributed by atoms with van der Waals surface area (Å²) in [6, 6.07) is 1.35. The van der Waals surface area contributed by atoms with Crippen LogP contribution < -0.4 is 5.32 Å². The van der Waals surface area contributed by atoms with Crippen LogP contribution in [0.15, 0.2) is 0 Å². The van der Waals surface area contributed by atoms with Crippen molar-refractivity contribution in [3.63, 3.8) is 0 Å². The van der Waals surface area contributed by atoms with Gasteiger partial charge in [-0.15, -0.1) is 0 Å². The van der Waals surface area contributed by atoms with E-state index in [2.05, 4.69) is 31.1 Å². The summed E-state index contributed by atoms with van der Waals surface area (Å²) in [6.45, 7) is 6.93. The Morgan fingerprint density at radius 3 is 2.70 bits per heavy atom. The number of likely N-dealkylation sites (N-methyl/N-ethyl adjacent to an activating group) is 1. The Balaban J connectivity index is 2.38. The van der Waals surface area contributed by atoms with Gasteiger partial charge in [0.25, 0.3) is 0 Å². The van der Waals surface area contributed by atoms with Crippen LogP contribution in [-0.4, -0.2) is 37.1 Å². The predicted octanol–water partition coefficient (Wildman–Crippen LogP) is 0.689. The average Bonchev–Trinajstić information content (AvgIpc) is 1.93. The summed E-state index contributed by atoms with van der Waals surface area (Å²) in [5, 5.41) is 3.53. The van der Waals surface area contributed by atoms with Gasteiger partial charge in [0.2, 0.25) is 0 Å². The van der Waals surface area contributed by atoms with Crippen LogP contribution >= 0.6 is 0 Å². The topological polar surface area (TPSA) is 15.3 Å². The van der Waals surface area contributed by atoms with Gasteiger partial charge in [0.05, 0.1) is 0 Å². The van der Waals surface area contributed by atoms with E-state index in [1.165, 1.54) is 19.5 Å². The van der Waals surface area contributed by atoms with Crippen LogP contribution in [0.1, 0.15) is 20.3 Å². The van der Waals surface area contributed by atoms with Gasteiger partial charge in [0.15, 0.2) is 0 Å². The second kappa shape index (κ2) is 3.35. The van der Waals surface area contributed by atoms with Crippen LogP contribution in [0.5, 0.6) is 0 Å². The summed E-state index contributed by atoms with van der Waals surface area (Å²) in [5.41, 5.74) is 0. The van der Waals surface area contributed by atoms with E-state index in [4.69, 9.17) is 0 Å². The Hall–Kier alpha value is -0.0800. The van der Waals surface area contributed by atoms with E-state index < -0.39 is 0 Å². The standard InChI is InChI=1S/C8H18N2/c1-7-4-5-10(3)6-8(2)9-7/h7-9H,4-6H2,1-3H3/t7-,8+/m0/s1. The molecular weight excluding hydrogens is 124 g/mol. The first-order valence-electron chi connectivity index (χ1n) is 4.13. The molecule has 60 valence electrons. The molecule has 1 fully saturated rings. The van der Waals surface area contributed by atoms with Crippen LogP contribution in [0, 0.1) is 0 Å². The second-order valence-electron chi connectivity index (χ2n) is 3.52. The minimum atomic E-state index is 0.655.